The lowest BCUT2D eigenvalue weighted by atomic mass is 10.0. The fourth-order valence-corrected chi connectivity index (χ4v) is 4.32. The van der Waals surface area contributed by atoms with E-state index in [1.54, 1.807) is 19.2 Å². The molecule has 1 heterocycles. The van der Waals surface area contributed by atoms with Crippen LogP contribution in [0.25, 0.3) is 0 Å². The average molecular weight is 488 g/mol. The summed E-state index contributed by atoms with van der Waals surface area (Å²) in [6.45, 7) is 3.69. The summed E-state index contributed by atoms with van der Waals surface area (Å²) in [6, 6.07) is 25.7. The molecular formula is C29H33N3O4. The van der Waals surface area contributed by atoms with E-state index in [2.05, 4.69) is 15.5 Å². The molecule has 7 nitrogen and oxygen atoms in total. The van der Waals surface area contributed by atoms with Gasteiger partial charge in [0.25, 0.3) is 5.91 Å². The van der Waals surface area contributed by atoms with E-state index in [1.165, 1.54) is 0 Å². The predicted octanol–water partition coefficient (Wildman–Crippen LogP) is 3.75. The number of amides is 2. The van der Waals surface area contributed by atoms with Gasteiger partial charge in [-0.2, -0.15) is 0 Å². The van der Waals surface area contributed by atoms with Crippen molar-refractivity contribution in [2.75, 3.05) is 40.0 Å². The Labute approximate surface area is 212 Å². The molecule has 188 valence electrons. The van der Waals surface area contributed by atoms with Crippen LogP contribution in [0.15, 0.2) is 84.9 Å². The minimum atomic E-state index is -0.459. The lowest BCUT2D eigenvalue weighted by Crippen LogP contribution is -2.43. The van der Waals surface area contributed by atoms with Gasteiger partial charge in [-0.1, -0.05) is 60.7 Å². The summed E-state index contributed by atoms with van der Waals surface area (Å²) >= 11 is 0. The van der Waals surface area contributed by atoms with Crippen molar-refractivity contribution in [1.29, 1.82) is 0 Å². The minimum absolute atomic E-state index is 0.123. The molecule has 4 rings (SSSR count). The molecule has 1 aliphatic rings. The Morgan fingerprint density at radius 2 is 1.44 bits per heavy atom. The van der Waals surface area contributed by atoms with Crippen LogP contribution in [0.3, 0.4) is 0 Å². The third-order valence-corrected chi connectivity index (χ3v) is 6.33. The largest absolute Gasteiger partial charge is 0.497 e. The highest BCUT2D eigenvalue weighted by molar-refractivity contribution is 5.94. The van der Waals surface area contributed by atoms with Gasteiger partial charge in [-0.05, 0) is 35.4 Å². The van der Waals surface area contributed by atoms with Crippen molar-refractivity contribution in [3.8, 4) is 5.75 Å². The van der Waals surface area contributed by atoms with Crippen molar-refractivity contribution in [2.24, 2.45) is 0 Å². The Morgan fingerprint density at radius 1 is 0.833 bits per heavy atom. The van der Waals surface area contributed by atoms with E-state index in [9.17, 15) is 9.59 Å². The molecule has 0 radical (unpaired) electrons. The maximum atomic E-state index is 13.4. The number of ether oxygens (including phenoxy) is 2. The van der Waals surface area contributed by atoms with Gasteiger partial charge in [0.05, 0.1) is 38.8 Å². The number of methoxy groups -OCH3 is 1. The van der Waals surface area contributed by atoms with Crippen molar-refractivity contribution in [1.82, 2.24) is 15.5 Å². The molecule has 0 aromatic heterocycles. The number of nitrogens with zero attached hydrogens (tertiary/aromatic N) is 1. The number of carbonyl (C=O) groups excluding carboxylic acids is 2. The number of hydrogen-bond donors (Lipinski definition) is 2. The number of rotatable bonds is 10. The Morgan fingerprint density at radius 3 is 2.08 bits per heavy atom. The number of hydrogen-bond acceptors (Lipinski definition) is 5. The molecular weight excluding hydrogens is 454 g/mol. The summed E-state index contributed by atoms with van der Waals surface area (Å²) in [4.78, 5) is 28.6. The van der Waals surface area contributed by atoms with Crippen LogP contribution in [0.5, 0.6) is 5.75 Å². The maximum Gasteiger partial charge on any atom is 0.251 e. The van der Waals surface area contributed by atoms with Crippen molar-refractivity contribution in [3.05, 3.63) is 102 Å². The van der Waals surface area contributed by atoms with E-state index < -0.39 is 6.04 Å². The monoisotopic (exact) mass is 487 g/mol. The van der Waals surface area contributed by atoms with Crippen molar-refractivity contribution in [3.63, 3.8) is 0 Å². The third kappa shape index (κ3) is 7.16. The van der Waals surface area contributed by atoms with Gasteiger partial charge in [0.2, 0.25) is 5.91 Å². The van der Waals surface area contributed by atoms with Crippen molar-refractivity contribution >= 4 is 11.8 Å². The summed E-state index contributed by atoms with van der Waals surface area (Å²) in [5.74, 6) is 0.423. The molecule has 0 spiro atoms. The van der Waals surface area contributed by atoms with Crippen LogP contribution in [0, 0.1) is 0 Å². The van der Waals surface area contributed by atoms with E-state index in [1.807, 2.05) is 72.8 Å². The zero-order chi connectivity index (χ0) is 25.2. The molecule has 1 aliphatic heterocycles. The van der Waals surface area contributed by atoms with Crippen LogP contribution < -0.4 is 15.4 Å². The first-order chi connectivity index (χ1) is 17.6. The van der Waals surface area contributed by atoms with Crippen LogP contribution in [0.1, 0.15) is 40.0 Å². The fourth-order valence-electron chi connectivity index (χ4n) is 4.32. The Hall–Kier alpha value is -3.68. The molecule has 3 aromatic carbocycles. The highest BCUT2D eigenvalue weighted by Gasteiger charge is 2.24. The van der Waals surface area contributed by atoms with E-state index in [-0.39, 0.29) is 24.3 Å². The normalized spacial score (nSPS) is 15.5. The smallest absolute Gasteiger partial charge is 0.251 e. The molecule has 2 amide bonds. The Kier molecular flexibility index (Phi) is 9.08. The molecule has 36 heavy (non-hydrogen) atoms. The van der Waals surface area contributed by atoms with Crippen LogP contribution >= 0.6 is 0 Å². The van der Waals surface area contributed by atoms with Crippen LogP contribution in [0.2, 0.25) is 0 Å². The van der Waals surface area contributed by atoms with E-state index in [0.29, 0.717) is 25.3 Å². The molecule has 0 unspecified atom stereocenters. The van der Waals surface area contributed by atoms with E-state index >= 15 is 0 Å². The van der Waals surface area contributed by atoms with Gasteiger partial charge in [0.15, 0.2) is 0 Å². The number of morpholine rings is 1. The molecule has 2 N–H and O–H groups in total. The maximum absolute atomic E-state index is 13.4. The summed E-state index contributed by atoms with van der Waals surface area (Å²) < 4.78 is 10.8. The van der Waals surface area contributed by atoms with Crippen LogP contribution in [-0.2, 0) is 9.53 Å². The molecule has 7 heteroatoms. The lowest BCUT2D eigenvalue weighted by Gasteiger charge is -2.31. The minimum Gasteiger partial charge on any atom is -0.497 e. The fraction of sp³-hybridized carbons (Fsp3) is 0.310. The van der Waals surface area contributed by atoms with Crippen LogP contribution in [-0.4, -0.2) is 56.7 Å². The number of benzene rings is 3. The van der Waals surface area contributed by atoms with E-state index in [4.69, 9.17) is 9.47 Å². The molecule has 0 saturated carbocycles. The summed E-state index contributed by atoms with van der Waals surface area (Å²) in [7, 11) is 1.63. The molecule has 1 fully saturated rings. The zero-order valence-electron chi connectivity index (χ0n) is 20.6. The Bertz CT molecular complexity index is 1100. The SMILES string of the molecule is COc1ccc([C@@H](CN2CCOCC2)NC(=O)C[C@@H](NC(=O)c2ccccc2)c2ccccc2)cc1. The lowest BCUT2D eigenvalue weighted by molar-refractivity contribution is -0.122. The topological polar surface area (TPSA) is 79.9 Å². The van der Waals surface area contributed by atoms with Gasteiger partial charge >= 0.3 is 0 Å². The quantitative estimate of drug-likeness (QED) is 0.455. The average Bonchev–Trinajstić information content (AvgIpc) is 2.94. The van der Waals surface area contributed by atoms with E-state index in [0.717, 1.165) is 30.0 Å². The van der Waals surface area contributed by atoms with Gasteiger partial charge in [0.1, 0.15) is 5.75 Å². The van der Waals surface area contributed by atoms with Crippen molar-refractivity contribution in [2.45, 2.75) is 18.5 Å². The first-order valence-corrected chi connectivity index (χ1v) is 12.3. The molecule has 1 saturated heterocycles. The molecule has 0 aliphatic carbocycles. The first-order valence-electron chi connectivity index (χ1n) is 12.3. The Balaban J connectivity index is 1.49. The second-order valence-corrected chi connectivity index (χ2v) is 8.81. The second-order valence-electron chi connectivity index (χ2n) is 8.81. The zero-order valence-corrected chi connectivity index (χ0v) is 20.6. The molecule has 3 aromatic rings. The number of nitrogens with one attached hydrogen (secondary N) is 2. The third-order valence-electron chi connectivity index (χ3n) is 6.33. The highest BCUT2D eigenvalue weighted by Crippen LogP contribution is 2.22. The van der Waals surface area contributed by atoms with Gasteiger partial charge in [-0.25, -0.2) is 0 Å². The number of carbonyl (C=O) groups is 2. The van der Waals surface area contributed by atoms with Gasteiger partial charge < -0.3 is 20.1 Å². The van der Waals surface area contributed by atoms with Crippen LogP contribution in [0.4, 0.5) is 0 Å². The first kappa shape index (κ1) is 25.4. The predicted molar refractivity (Wildman–Crippen MR) is 139 cm³/mol. The standard InChI is InChI=1S/C29H33N3O4/c1-35-25-14-12-23(13-15-25)27(21-32-16-18-36-19-17-32)30-28(33)20-26(22-8-4-2-5-9-22)31-29(34)24-10-6-3-7-11-24/h2-15,26-27H,16-21H2,1H3,(H,30,33)(H,31,34)/t26-,27-/m1/s1. The second kappa shape index (κ2) is 12.9. The van der Waals surface area contributed by atoms with Gasteiger partial charge in [-0.15, -0.1) is 0 Å². The van der Waals surface area contributed by atoms with Gasteiger partial charge in [-0.3, -0.25) is 14.5 Å². The molecule has 2 atom stereocenters. The molecule has 0 bridgehead atoms. The summed E-state index contributed by atoms with van der Waals surface area (Å²) in [5.41, 5.74) is 2.44. The van der Waals surface area contributed by atoms with Gasteiger partial charge in [0, 0.05) is 25.2 Å². The van der Waals surface area contributed by atoms with Crippen molar-refractivity contribution < 1.29 is 19.1 Å². The highest BCUT2D eigenvalue weighted by atomic mass is 16.5. The summed E-state index contributed by atoms with van der Waals surface area (Å²) in [6.07, 6.45) is 0.123. The summed E-state index contributed by atoms with van der Waals surface area (Å²) in [5, 5.41) is 6.26.